The number of nitrogens with zero attached hydrogens (tertiary/aromatic N) is 1. The van der Waals surface area contributed by atoms with Gasteiger partial charge in [-0.25, -0.2) is 0 Å². The lowest BCUT2D eigenvalue weighted by Gasteiger charge is -2.21. The molecule has 11 heavy (non-hydrogen) atoms. The van der Waals surface area contributed by atoms with E-state index in [2.05, 4.69) is 49.1 Å². The Morgan fingerprint density at radius 3 is 1.82 bits per heavy atom. The second-order valence-electron chi connectivity index (χ2n) is 2.43. The van der Waals surface area contributed by atoms with Gasteiger partial charge in [0.2, 0.25) is 0 Å². The lowest BCUT2D eigenvalue weighted by molar-refractivity contribution is 0.291. The molecule has 0 atom stereocenters. The maximum Gasteiger partial charge on any atom is 0.0129 e. The van der Waals surface area contributed by atoms with Gasteiger partial charge >= 0.3 is 0 Å². The fourth-order valence-electron chi connectivity index (χ4n) is 0.777. The van der Waals surface area contributed by atoms with Gasteiger partial charge < -0.3 is 10.2 Å². The first-order valence-corrected chi connectivity index (χ1v) is 6.06. The molecule has 0 bridgehead atoms. The fourth-order valence-corrected chi connectivity index (χ4v) is 0.777. The number of alkyl halides is 2. The van der Waals surface area contributed by atoms with Gasteiger partial charge in [-0.2, -0.15) is 0 Å². The van der Waals surface area contributed by atoms with E-state index in [0.29, 0.717) is 0 Å². The summed E-state index contributed by atoms with van der Waals surface area (Å²) < 4.78 is 0. The standard InChI is InChI=1S/C5H12N2.C2H4Br2/c1-7-4-2-6-3-5-7;3-1-2-4/h6H,2-5H2,1H3;1-2H2. The monoisotopic (exact) mass is 286 g/mol. The zero-order chi connectivity index (χ0) is 8.53. The summed E-state index contributed by atoms with van der Waals surface area (Å²) in [6, 6.07) is 0. The second kappa shape index (κ2) is 8.97. The molecule has 0 aromatic rings. The maximum atomic E-state index is 3.27. The molecule has 1 saturated heterocycles. The Kier molecular flexibility index (Phi) is 9.69. The third-order valence-corrected chi connectivity index (χ3v) is 3.27. The maximum absolute atomic E-state index is 3.27. The van der Waals surface area contributed by atoms with E-state index in [9.17, 15) is 0 Å². The minimum absolute atomic E-state index is 1.05. The van der Waals surface area contributed by atoms with Crippen molar-refractivity contribution >= 4 is 31.9 Å². The molecule has 1 aliphatic heterocycles. The van der Waals surface area contributed by atoms with Crippen molar-refractivity contribution in [2.24, 2.45) is 0 Å². The van der Waals surface area contributed by atoms with Crippen LogP contribution in [-0.4, -0.2) is 48.8 Å². The molecule has 0 unspecified atom stereocenters. The molecule has 0 amide bonds. The van der Waals surface area contributed by atoms with Crippen molar-refractivity contribution in [3.8, 4) is 0 Å². The molecule has 1 fully saturated rings. The molecule has 0 aromatic carbocycles. The van der Waals surface area contributed by atoms with E-state index in [1.54, 1.807) is 0 Å². The molecular weight excluding hydrogens is 272 g/mol. The highest BCUT2D eigenvalue weighted by Crippen LogP contribution is 1.83. The normalized spacial score (nSPS) is 18.8. The van der Waals surface area contributed by atoms with E-state index in [-0.39, 0.29) is 0 Å². The Morgan fingerprint density at radius 2 is 1.64 bits per heavy atom. The highest BCUT2D eigenvalue weighted by Gasteiger charge is 2.01. The van der Waals surface area contributed by atoms with E-state index < -0.39 is 0 Å². The van der Waals surface area contributed by atoms with Crippen molar-refractivity contribution in [1.29, 1.82) is 0 Å². The first-order valence-electron chi connectivity index (χ1n) is 3.82. The molecule has 1 N–H and O–H groups in total. The number of halogens is 2. The van der Waals surface area contributed by atoms with Gasteiger partial charge in [-0.1, -0.05) is 31.9 Å². The first kappa shape index (κ1) is 11.9. The predicted octanol–water partition coefficient (Wildman–Crippen LogP) is 1.30. The molecule has 2 nitrogen and oxygen atoms in total. The van der Waals surface area contributed by atoms with Gasteiger partial charge in [0.05, 0.1) is 0 Å². The van der Waals surface area contributed by atoms with Crippen LogP contribution in [0.1, 0.15) is 0 Å². The third kappa shape index (κ3) is 8.79. The molecule has 0 aliphatic carbocycles. The quantitative estimate of drug-likeness (QED) is 0.732. The molecule has 0 saturated carbocycles. The van der Waals surface area contributed by atoms with Crippen LogP contribution in [0.15, 0.2) is 0 Å². The number of rotatable bonds is 1. The highest BCUT2D eigenvalue weighted by atomic mass is 79.9. The molecule has 68 valence electrons. The predicted molar refractivity (Wildman–Crippen MR) is 58.0 cm³/mol. The Hall–Kier alpha value is 0.880. The Bertz CT molecular complexity index is 72.8. The highest BCUT2D eigenvalue weighted by molar-refractivity contribution is 9.11. The summed E-state index contributed by atoms with van der Waals surface area (Å²) in [5.74, 6) is 0. The number of hydrogen-bond acceptors (Lipinski definition) is 2. The van der Waals surface area contributed by atoms with Crippen LogP contribution in [0.5, 0.6) is 0 Å². The molecule has 1 heterocycles. The molecule has 0 radical (unpaired) electrons. The summed E-state index contributed by atoms with van der Waals surface area (Å²) in [6.07, 6.45) is 0. The van der Waals surface area contributed by atoms with Gasteiger partial charge in [0.25, 0.3) is 0 Å². The van der Waals surface area contributed by atoms with Crippen molar-refractivity contribution < 1.29 is 0 Å². The molecule has 1 rings (SSSR count). The number of nitrogens with one attached hydrogen (secondary N) is 1. The van der Waals surface area contributed by atoms with E-state index in [4.69, 9.17) is 0 Å². The van der Waals surface area contributed by atoms with Crippen LogP contribution in [0.25, 0.3) is 0 Å². The summed E-state index contributed by atoms with van der Waals surface area (Å²) in [4.78, 5) is 2.33. The SMILES string of the molecule is BrCCBr.CN1CCNCC1. The van der Waals surface area contributed by atoms with E-state index in [1.807, 2.05) is 0 Å². The lowest BCUT2D eigenvalue weighted by atomic mass is 10.4. The van der Waals surface area contributed by atoms with Crippen molar-refractivity contribution in [2.45, 2.75) is 0 Å². The van der Waals surface area contributed by atoms with Crippen LogP contribution in [-0.2, 0) is 0 Å². The largest absolute Gasteiger partial charge is 0.314 e. The third-order valence-electron chi connectivity index (χ3n) is 1.41. The Labute approximate surface area is 86.0 Å². The summed E-state index contributed by atoms with van der Waals surface area (Å²) in [5.41, 5.74) is 0. The minimum atomic E-state index is 1.05. The second-order valence-corrected chi connectivity index (χ2v) is 4.02. The van der Waals surface area contributed by atoms with E-state index in [0.717, 1.165) is 23.7 Å². The van der Waals surface area contributed by atoms with Gasteiger partial charge in [0.15, 0.2) is 0 Å². The molecular formula is C7H16Br2N2. The van der Waals surface area contributed by atoms with Gasteiger partial charge in [0.1, 0.15) is 0 Å². The zero-order valence-electron chi connectivity index (χ0n) is 6.95. The summed E-state index contributed by atoms with van der Waals surface area (Å²) in [6.45, 7) is 4.74. The van der Waals surface area contributed by atoms with Gasteiger partial charge in [0, 0.05) is 36.8 Å². The molecule has 0 aromatic heterocycles. The topological polar surface area (TPSA) is 15.3 Å². The van der Waals surface area contributed by atoms with Crippen molar-refractivity contribution in [1.82, 2.24) is 10.2 Å². The van der Waals surface area contributed by atoms with Crippen LogP contribution in [0.3, 0.4) is 0 Å². The average Bonchev–Trinajstić information content (AvgIpc) is 2.07. The van der Waals surface area contributed by atoms with Gasteiger partial charge in [-0.3, -0.25) is 0 Å². The van der Waals surface area contributed by atoms with Crippen molar-refractivity contribution in [3.63, 3.8) is 0 Å². The van der Waals surface area contributed by atoms with Crippen LogP contribution < -0.4 is 5.32 Å². The smallest absolute Gasteiger partial charge is 0.0129 e. The van der Waals surface area contributed by atoms with Crippen LogP contribution in [0.2, 0.25) is 0 Å². The summed E-state index contributed by atoms with van der Waals surface area (Å²) in [7, 11) is 2.15. The number of hydrogen-bond donors (Lipinski definition) is 1. The lowest BCUT2D eigenvalue weighted by Crippen LogP contribution is -2.40. The Morgan fingerprint density at radius 1 is 1.18 bits per heavy atom. The molecule has 4 heteroatoms. The van der Waals surface area contributed by atoms with E-state index in [1.165, 1.54) is 13.1 Å². The zero-order valence-corrected chi connectivity index (χ0v) is 10.1. The molecule has 1 aliphatic rings. The number of likely N-dealkylation sites (N-methyl/N-ethyl adjacent to an activating group) is 1. The van der Waals surface area contributed by atoms with Crippen LogP contribution >= 0.6 is 31.9 Å². The first-order chi connectivity index (χ1) is 5.31. The van der Waals surface area contributed by atoms with Crippen LogP contribution in [0, 0.1) is 0 Å². The fraction of sp³-hybridized carbons (Fsp3) is 1.00. The summed E-state index contributed by atoms with van der Waals surface area (Å²) >= 11 is 6.40. The Balaban J connectivity index is 0.000000218. The van der Waals surface area contributed by atoms with Gasteiger partial charge in [-0.05, 0) is 7.05 Å². The summed E-state index contributed by atoms with van der Waals surface area (Å²) in [5, 5.41) is 5.37. The van der Waals surface area contributed by atoms with Crippen LogP contribution in [0.4, 0.5) is 0 Å². The molecule has 0 spiro atoms. The average molecular weight is 288 g/mol. The number of piperazine rings is 1. The van der Waals surface area contributed by atoms with Gasteiger partial charge in [-0.15, -0.1) is 0 Å². The van der Waals surface area contributed by atoms with E-state index >= 15 is 0 Å². The minimum Gasteiger partial charge on any atom is -0.314 e. The van der Waals surface area contributed by atoms with Crippen molar-refractivity contribution in [3.05, 3.63) is 0 Å². The van der Waals surface area contributed by atoms with Crippen molar-refractivity contribution in [2.75, 3.05) is 43.9 Å².